The maximum atomic E-state index is 12.8. The first-order chi connectivity index (χ1) is 28.4. The fraction of sp³-hybridized carbons (Fsp3) is 0.739. The molecule has 0 unspecified atom stereocenters. The van der Waals surface area contributed by atoms with Crippen LogP contribution >= 0.6 is 0 Å². The number of rotatable bonds is 34. The number of hydrogen-bond donors (Lipinski definition) is 0. The molecule has 0 saturated carbocycles. The molecule has 0 bridgehead atoms. The first kappa shape index (κ1) is 50.2. The molecule has 2 aliphatic rings. The molecule has 0 aliphatic carbocycles. The number of aliphatic imine (C=N–C) groups is 2. The van der Waals surface area contributed by atoms with Crippen LogP contribution in [0.1, 0.15) is 181 Å². The largest absolute Gasteiger partial charge is 0.459 e. The molecule has 0 fully saturated rings. The number of ether oxygens (including phenoxy) is 6. The summed E-state index contributed by atoms with van der Waals surface area (Å²) in [5, 5.41) is 0. The second kappa shape index (κ2) is 35.0. The molecule has 2 aliphatic heterocycles. The maximum absolute atomic E-state index is 12.8. The molecular formula is C46H74N2O10. The van der Waals surface area contributed by atoms with E-state index in [4.69, 9.17) is 28.4 Å². The van der Waals surface area contributed by atoms with Crippen LogP contribution in [0, 0.1) is 0 Å². The molecular weight excluding hydrogens is 741 g/mol. The lowest BCUT2D eigenvalue weighted by Gasteiger charge is -2.16. The van der Waals surface area contributed by atoms with Crippen molar-refractivity contribution in [3.05, 3.63) is 36.5 Å². The van der Waals surface area contributed by atoms with Crippen LogP contribution in [0.4, 0.5) is 0 Å². The van der Waals surface area contributed by atoms with E-state index in [2.05, 4.69) is 48.1 Å². The van der Waals surface area contributed by atoms with Crippen LogP contribution < -0.4 is 0 Å². The van der Waals surface area contributed by atoms with Gasteiger partial charge in [-0.2, -0.15) is 0 Å². The van der Waals surface area contributed by atoms with E-state index in [1.165, 1.54) is 12.2 Å². The minimum atomic E-state index is -0.522. The highest BCUT2D eigenvalue weighted by Crippen LogP contribution is 2.16. The Morgan fingerprint density at radius 1 is 0.534 bits per heavy atom. The first-order valence-corrected chi connectivity index (χ1v) is 22.5. The predicted octanol–water partition coefficient (Wildman–Crippen LogP) is 10.5. The van der Waals surface area contributed by atoms with Crippen molar-refractivity contribution in [1.82, 2.24) is 0 Å². The van der Waals surface area contributed by atoms with Crippen molar-refractivity contribution in [2.24, 2.45) is 9.98 Å². The third kappa shape index (κ3) is 28.4. The topological polar surface area (TPSA) is 148 Å². The molecule has 12 heteroatoms. The zero-order valence-corrected chi connectivity index (χ0v) is 35.8. The lowest BCUT2D eigenvalue weighted by Crippen LogP contribution is -2.18. The highest BCUT2D eigenvalue weighted by molar-refractivity contribution is 5.91. The van der Waals surface area contributed by atoms with Gasteiger partial charge in [-0.25, -0.2) is 19.6 Å². The zero-order chi connectivity index (χ0) is 41.7. The number of allylic oxidation sites excluding steroid dienone is 2. The second-order valence-corrected chi connectivity index (χ2v) is 15.1. The van der Waals surface area contributed by atoms with E-state index in [-0.39, 0.29) is 36.3 Å². The Morgan fingerprint density at radius 3 is 1.33 bits per heavy atom. The van der Waals surface area contributed by atoms with Gasteiger partial charge in [0.05, 0.1) is 13.1 Å². The van der Waals surface area contributed by atoms with Crippen molar-refractivity contribution < 1.29 is 47.6 Å². The van der Waals surface area contributed by atoms with E-state index in [1.54, 1.807) is 0 Å². The standard InChI is InChI=1S/C46H74N2O10/c1-3-5-7-21-27-39(29-23-17-13-9-11-15-19-25-31-41(49)57-45-47-35-37-53-45)55-43(51)33-34-44(52)56-40(28-22-8-6-4-2)30-24-18-14-10-12-16-20-26-32-42(50)58-46-48-36-38-54-46/h17-18,23-24,33-34,39-40H,3-16,19-22,25-32,35-38H2,1-2H3/b23-17-,24-18-,34-33-/t39-,40-/m1/s1. The van der Waals surface area contributed by atoms with E-state index < -0.39 is 11.9 Å². The number of hydrogen-bond acceptors (Lipinski definition) is 12. The summed E-state index contributed by atoms with van der Waals surface area (Å²) in [5.41, 5.74) is 0. The molecule has 328 valence electrons. The lowest BCUT2D eigenvalue weighted by molar-refractivity contribution is -0.146. The van der Waals surface area contributed by atoms with Gasteiger partial charge in [0.15, 0.2) is 0 Å². The Labute approximate surface area is 348 Å². The third-order valence-electron chi connectivity index (χ3n) is 9.83. The molecule has 0 radical (unpaired) electrons. The number of unbranched alkanes of at least 4 members (excludes halogenated alkanes) is 16. The predicted molar refractivity (Wildman–Crippen MR) is 227 cm³/mol. The van der Waals surface area contributed by atoms with E-state index in [9.17, 15) is 19.2 Å². The summed E-state index contributed by atoms with van der Waals surface area (Å²) >= 11 is 0. The zero-order valence-electron chi connectivity index (χ0n) is 35.8. The highest BCUT2D eigenvalue weighted by Gasteiger charge is 2.16. The molecule has 0 aromatic carbocycles. The normalized spacial score (nSPS) is 14.9. The van der Waals surface area contributed by atoms with Gasteiger partial charge >= 0.3 is 36.0 Å². The summed E-state index contributed by atoms with van der Waals surface area (Å²) in [7, 11) is 0. The Kier molecular flexibility index (Phi) is 30.3. The summed E-state index contributed by atoms with van der Waals surface area (Å²) < 4.78 is 32.0. The summed E-state index contributed by atoms with van der Waals surface area (Å²) in [4.78, 5) is 57.2. The fourth-order valence-corrected chi connectivity index (χ4v) is 6.50. The van der Waals surface area contributed by atoms with Crippen LogP contribution in [0.25, 0.3) is 0 Å². The van der Waals surface area contributed by atoms with Crippen LogP contribution in [-0.2, 0) is 47.6 Å². The third-order valence-corrected chi connectivity index (χ3v) is 9.83. The number of nitrogens with zero attached hydrogens (tertiary/aromatic N) is 2. The van der Waals surface area contributed by atoms with Crippen molar-refractivity contribution in [3.8, 4) is 0 Å². The Bertz CT molecular complexity index is 1190. The average molecular weight is 815 g/mol. The van der Waals surface area contributed by atoms with E-state index >= 15 is 0 Å². The van der Waals surface area contributed by atoms with Gasteiger partial charge in [-0.15, -0.1) is 0 Å². The maximum Gasteiger partial charge on any atom is 0.391 e. The minimum absolute atomic E-state index is 0.0983. The number of carbonyl (C=O) groups excluding carboxylic acids is 4. The van der Waals surface area contributed by atoms with Gasteiger partial charge in [0.2, 0.25) is 0 Å². The molecule has 12 nitrogen and oxygen atoms in total. The molecule has 0 aromatic rings. The molecule has 2 rings (SSSR count). The molecule has 0 saturated heterocycles. The van der Waals surface area contributed by atoms with E-state index in [0.29, 0.717) is 52.0 Å². The van der Waals surface area contributed by atoms with Gasteiger partial charge in [-0.05, 0) is 64.2 Å². The van der Waals surface area contributed by atoms with Gasteiger partial charge in [0, 0.05) is 37.8 Å². The monoisotopic (exact) mass is 815 g/mol. The fourth-order valence-electron chi connectivity index (χ4n) is 6.50. The molecule has 0 N–H and O–H groups in total. The van der Waals surface area contributed by atoms with Crippen molar-refractivity contribution >= 4 is 36.0 Å². The van der Waals surface area contributed by atoms with Crippen LogP contribution in [0.15, 0.2) is 46.4 Å². The van der Waals surface area contributed by atoms with E-state index in [0.717, 1.165) is 141 Å². The van der Waals surface area contributed by atoms with Crippen LogP contribution in [0.5, 0.6) is 0 Å². The summed E-state index contributed by atoms with van der Waals surface area (Å²) in [5.74, 6) is -1.62. The van der Waals surface area contributed by atoms with Crippen LogP contribution in [0.3, 0.4) is 0 Å². The smallest absolute Gasteiger partial charge is 0.391 e. The number of carbonyl (C=O) groups is 4. The Morgan fingerprint density at radius 2 is 0.931 bits per heavy atom. The molecule has 2 atom stereocenters. The summed E-state index contributed by atoms with van der Waals surface area (Å²) in [6.45, 7) is 6.37. The molecule has 2 heterocycles. The van der Waals surface area contributed by atoms with E-state index in [1.807, 2.05) is 0 Å². The summed E-state index contributed by atoms with van der Waals surface area (Å²) in [6.07, 6.45) is 34.8. The SMILES string of the molecule is CCCCCC[C@H](C/C=C\CCCCCCCC(=O)OC1=NCCO1)OC(=O)/C=C\C(=O)O[C@@H](C/C=C\CCCCCCCC(=O)OC1=NCCO1)CCCCCC. The van der Waals surface area contributed by atoms with Crippen LogP contribution in [-0.4, -0.2) is 74.6 Å². The van der Waals surface area contributed by atoms with Crippen molar-refractivity contribution in [1.29, 1.82) is 0 Å². The average Bonchev–Trinajstić information content (AvgIpc) is 3.93. The molecule has 0 amide bonds. The molecule has 58 heavy (non-hydrogen) atoms. The molecule has 0 aromatic heterocycles. The van der Waals surface area contributed by atoms with Gasteiger partial charge < -0.3 is 28.4 Å². The number of esters is 4. The summed E-state index contributed by atoms with van der Waals surface area (Å²) in [6, 6.07) is 0. The van der Waals surface area contributed by atoms with Crippen LogP contribution in [0.2, 0.25) is 0 Å². The van der Waals surface area contributed by atoms with Gasteiger partial charge in [0.25, 0.3) is 0 Å². The highest BCUT2D eigenvalue weighted by atomic mass is 16.7. The van der Waals surface area contributed by atoms with Gasteiger partial charge in [-0.1, -0.05) is 115 Å². The Balaban J connectivity index is 1.66. The quantitative estimate of drug-likeness (QED) is 0.0202. The van der Waals surface area contributed by atoms with Crippen molar-refractivity contribution in [3.63, 3.8) is 0 Å². The lowest BCUT2D eigenvalue weighted by atomic mass is 10.1. The molecule has 0 spiro atoms. The van der Waals surface area contributed by atoms with Gasteiger partial charge in [0.1, 0.15) is 25.4 Å². The Hall–Kier alpha value is -3.96. The first-order valence-electron chi connectivity index (χ1n) is 22.5. The van der Waals surface area contributed by atoms with Gasteiger partial charge in [-0.3, -0.25) is 9.59 Å². The van der Waals surface area contributed by atoms with Crippen molar-refractivity contribution in [2.75, 3.05) is 26.3 Å². The minimum Gasteiger partial charge on any atom is -0.459 e. The second-order valence-electron chi connectivity index (χ2n) is 15.1. The van der Waals surface area contributed by atoms with Crippen molar-refractivity contribution in [2.45, 2.75) is 193 Å².